The first-order valence-electron chi connectivity index (χ1n) is 10.9. The van der Waals surface area contributed by atoms with Gasteiger partial charge in [0.15, 0.2) is 0 Å². The van der Waals surface area contributed by atoms with Crippen LogP contribution in [0.25, 0.3) is 10.8 Å². The first-order valence-corrected chi connectivity index (χ1v) is 10.9. The summed E-state index contributed by atoms with van der Waals surface area (Å²) >= 11 is 0. The largest absolute Gasteiger partial charge is 0.473 e. The summed E-state index contributed by atoms with van der Waals surface area (Å²) in [6.45, 7) is 6.06. The highest BCUT2D eigenvalue weighted by Crippen LogP contribution is 2.24. The van der Waals surface area contributed by atoms with Gasteiger partial charge in [-0.3, -0.25) is 9.80 Å². The Bertz CT molecular complexity index is 821. The van der Waals surface area contributed by atoms with Crippen LogP contribution in [0.3, 0.4) is 0 Å². The normalized spacial score (nSPS) is 18.9. The number of benzene rings is 2. The van der Waals surface area contributed by atoms with E-state index >= 15 is 0 Å². The number of aliphatic carboxylic acids is 2. The molecule has 4 rings (SSSR count). The van der Waals surface area contributed by atoms with E-state index in [1.807, 2.05) is 0 Å². The van der Waals surface area contributed by atoms with Crippen molar-refractivity contribution in [3.05, 3.63) is 48.0 Å². The highest BCUT2D eigenvalue weighted by Gasteiger charge is 2.24. The summed E-state index contributed by atoms with van der Waals surface area (Å²) in [4.78, 5) is 23.6. The smallest absolute Gasteiger partial charge is 0.414 e. The van der Waals surface area contributed by atoms with Crippen LogP contribution in [0.15, 0.2) is 42.5 Å². The molecule has 162 valence electrons. The maximum atomic E-state index is 9.10. The van der Waals surface area contributed by atoms with Crippen LogP contribution in [0, 0.1) is 0 Å². The van der Waals surface area contributed by atoms with Crippen LogP contribution in [0.2, 0.25) is 0 Å². The lowest BCUT2D eigenvalue weighted by molar-refractivity contribution is -0.159. The van der Waals surface area contributed by atoms with Gasteiger partial charge in [-0.2, -0.15) is 0 Å². The molecule has 2 aliphatic rings. The van der Waals surface area contributed by atoms with Crippen molar-refractivity contribution in [2.24, 2.45) is 0 Å². The predicted molar refractivity (Wildman–Crippen MR) is 118 cm³/mol. The maximum absolute atomic E-state index is 9.10. The van der Waals surface area contributed by atoms with E-state index in [1.54, 1.807) is 0 Å². The zero-order chi connectivity index (χ0) is 21.3. The summed E-state index contributed by atoms with van der Waals surface area (Å²) in [6.07, 6.45) is 8.67. The molecule has 0 amide bonds. The average molecular weight is 413 g/mol. The number of carboxylic acids is 2. The highest BCUT2D eigenvalue weighted by atomic mass is 16.4. The number of fused-ring (bicyclic) bond motifs is 1. The highest BCUT2D eigenvalue weighted by molar-refractivity contribution is 6.27. The number of rotatable bonds is 3. The summed E-state index contributed by atoms with van der Waals surface area (Å²) in [5, 5.41) is 17.6. The SMILES string of the molecule is O=C(O)C(=O)O.c1ccc2c(CN3CCN(C4CCCCCC4)CC3)cccc2c1. The monoisotopic (exact) mass is 412 g/mol. The fourth-order valence-corrected chi connectivity index (χ4v) is 4.58. The Morgan fingerprint density at radius 3 is 2.03 bits per heavy atom. The molecule has 1 aliphatic carbocycles. The number of piperazine rings is 1. The van der Waals surface area contributed by atoms with Crippen molar-refractivity contribution in [3.63, 3.8) is 0 Å². The van der Waals surface area contributed by atoms with Gasteiger partial charge in [-0.25, -0.2) is 9.59 Å². The van der Waals surface area contributed by atoms with E-state index in [4.69, 9.17) is 19.8 Å². The lowest BCUT2D eigenvalue weighted by atomic mass is 10.0. The number of hydrogen-bond acceptors (Lipinski definition) is 4. The minimum Gasteiger partial charge on any atom is -0.473 e. The Labute approximate surface area is 178 Å². The molecule has 1 saturated heterocycles. The van der Waals surface area contributed by atoms with Gasteiger partial charge in [0.25, 0.3) is 0 Å². The maximum Gasteiger partial charge on any atom is 0.414 e. The third kappa shape index (κ3) is 6.28. The molecule has 6 nitrogen and oxygen atoms in total. The predicted octanol–water partition coefficient (Wildman–Crippen LogP) is 3.84. The summed E-state index contributed by atoms with van der Waals surface area (Å²) in [5.41, 5.74) is 1.48. The van der Waals surface area contributed by atoms with Crippen molar-refractivity contribution >= 4 is 22.7 Å². The zero-order valence-electron chi connectivity index (χ0n) is 17.5. The molecule has 6 heteroatoms. The van der Waals surface area contributed by atoms with Crippen molar-refractivity contribution < 1.29 is 19.8 Å². The summed E-state index contributed by atoms with van der Waals surface area (Å²) < 4.78 is 0. The van der Waals surface area contributed by atoms with Gasteiger partial charge in [-0.05, 0) is 29.2 Å². The molecule has 1 heterocycles. The Balaban J connectivity index is 0.000000377. The Hall–Kier alpha value is -2.44. The molecule has 0 aromatic heterocycles. The van der Waals surface area contributed by atoms with Crippen molar-refractivity contribution in [1.29, 1.82) is 0 Å². The summed E-state index contributed by atoms with van der Waals surface area (Å²) in [7, 11) is 0. The molecule has 0 radical (unpaired) electrons. The fourth-order valence-electron chi connectivity index (χ4n) is 4.58. The van der Waals surface area contributed by atoms with Gasteiger partial charge in [-0.15, -0.1) is 0 Å². The van der Waals surface area contributed by atoms with Gasteiger partial charge in [-0.1, -0.05) is 68.1 Å². The van der Waals surface area contributed by atoms with Crippen LogP contribution >= 0.6 is 0 Å². The fraction of sp³-hybridized carbons (Fsp3) is 0.500. The van der Waals surface area contributed by atoms with E-state index in [-0.39, 0.29) is 0 Å². The van der Waals surface area contributed by atoms with E-state index in [2.05, 4.69) is 52.3 Å². The van der Waals surface area contributed by atoms with Gasteiger partial charge in [0.2, 0.25) is 0 Å². The molecule has 2 fully saturated rings. The lowest BCUT2D eigenvalue weighted by Crippen LogP contribution is -2.49. The van der Waals surface area contributed by atoms with Crippen LogP contribution < -0.4 is 0 Å². The molecule has 2 aromatic rings. The second kappa shape index (κ2) is 11.1. The van der Waals surface area contributed by atoms with Crippen molar-refractivity contribution in [3.8, 4) is 0 Å². The van der Waals surface area contributed by atoms with E-state index in [9.17, 15) is 0 Å². The molecule has 1 saturated carbocycles. The Kier molecular flexibility index (Phi) is 8.22. The van der Waals surface area contributed by atoms with Gasteiger partial charge in [0.1, 0.15) is 0 Å². The number of hydrogen-bond donors (Lipinski definition) is 2. The van der Waals surface area contributed by atoms with Crippen LogP contribution in [-0.2, 0) is 16.1 Å². The summed E-state index contributed by atoms with van der Waals surface area (Å²) in [5.74, 6) is -3.65. The molecule has 0 bridgehead atoms. The standard InChI is InChI=1S/C22H30N2.C2H2O4/c1-2-4-12-21(11-3-1)24-16-14-23(15-17-24)18-20-10-7-9-19-8-5-6-13-22(19)20;3-1(4)2(5)6/h5-10,13,21H,1-4,11-12,14-18H2;(H,3,4)(H,5,6). The Morgan fingerprint density at radius 1 is 0.800 bits per heavy atom. The molecular formula is C24H32N2O4. The summed E-state index contributed by atoms with van der Waals surface area (Å²) in [6, 6.07) is 16.4. The molecule has 2 N–H and O–H groups in total. The first-order chi connectivity index (χ1) is 14.5. The van der Waals surface area contributed by atoms with Crippen LogP contribution in [0.5, 0.6) is 0 Å². The quantitative estimate of drug-likeness (QED) is 0.589. The topological polar surface area (TPSA) is 81.1 Å². The second-order valence-corrected chi connectivity index (χ2v) is 8.21. The van der Waals surface area contributed by atoms with E-state index in [0.29, 0.717) is 0 Å². The molecule has 0 spiro atoms. The van der Waals surface area contributed by atoms with Crippen molar-refractivity contribution in [1.82, 2.24) is 9.80 Å². The second-order valence-electron chi connectivity index (χ2n) is 8.21. The minimum absolute atomic E-state index is 0.868. The van der Waals surface area contributed by atoms with Crippen molar-refractivity contribution in [2.75, 3.05) is 26.2 Å². The number of carbonyl (C=O) groups is 2. The third-order valence-electron chi connectivity index (χ3n) is 6.20. The van der Waals surface area contributed by atoms with E-state index < -0.39 is 11.9 Å². The molecular weight excluding hydrogens is 380 g/mol. The van der Waals surface area contributed by atoms with E-state index in [1.165, 1.54) is 81.0 Å². The average Bonchev–Trinajstić information content (AvgIpc) is 3.05. The third-order valence-corrected chi connectivity index (χ3v) is 6.20. The van der Waals surface area contributed by atoms with Gasteiger partial charge in [0.05, 0.1) is 0 Å². The van der Waals surface area contributed by atoms with Crippen LogP contribution in [-0.4, -0.2) is 64.2 Å². The van der Waals surface area contributed by atoms with Gasteiger partial charge in [0, 0.05) is 38.8 Å². The van der Waals surface area contributed by atoms with Crippen LogP contribution in [0.4, 0.5) is 0 Å². The minimum atomic E-state index is -1.82. The molecule has 2 aromatic carbocycles. The first kappa shape index (κ1) is 22.2. The molecule has 0 atom stereocenters. The zero-order valence-corrected chi connectivity index (χ0v) is 17.5. The number of carboxylic acid groups (broad SMARTS) is 2. The molecule has 1 aliphatic heterocycles. The molecule has 30 heavy (non-hydrogen) atoms. The lowest BCUT2D eigenvalue weighted by Gasteiger charge is -2.39. The molecule has 0 unspecified atom stereocenters. The van der Waals surface area contributed by atoms with Crippen LogP contribution in [0.1, 0.15) is 44.1 Å². The van der Waals surface area contributed by atoms with E-state index in [0.717, 1.165) is 12.6 Å². The van der Waals surface area contributed by atoms with Gasteiger partial charge >= 0.3 is 11.9 Å². The number of nitrogens with zero attached hydrogens (tertiary/aromatic N) is 2. The van der Waals surface area contributed by atoms with Gasteiger partial charge < -0.3 is 10.2 Å². The van der Waals surface area contributed by atoms with Crippen molar-refractivity contribution in [2.45, 2.75) is 51.1 Å². The Morgan fingerprint density at radius 2 is 1.40 bits per heavy atom.